The van der Waals surface area contributed by atoms with Gasteiger partial charge in [0.2, 0.25) is 5.95 Å². The fourth-order valence-electron chi connectivity index (χ4n) is 3.46. The molecule has 1 fully saturated rings. The van der Waals surface area contributed by atoms with Crippen LogP contribution in [0.5, 0.6) is 0 Å². The summed E-state index contributed by atoms with van der Waals surface area (Å²) in [4.78, 5) is 39.7. The number of aromatic amines is 1. The molecule has 3 aromatic heterocycles. The van der Waals surface area contributed by atoms with E-state index in [1.807, 2.05) is 0 Å². The Balaban J connectivity index is 1.56. The topological polar surface area (TPSA) is 194 Å². The molecule has 1 saturated heterocycles. The van der Waals surface area contributed by atoms with Gasteiger partial charge in [-0.3, -0.25) is 18.7 Å². The summed E-state index contributed by atoms with van der Waals surface area (Å²) < 4.78 is 7.97. The first-order chi connectivity index (χ1) is 14.4. The number of nitrogens with two attached hydrogens (primary N) is 1. The van der Waals surface area contributed by atoms with Crippen LogP contribution in [0, 0.1) is 0 Å². The average molecular weight is 419 g/mol. The van der Waals surface area contributed by atoms with Crippen LogP contribution >= 0.6 is 0 Å². The molecule has 4 atom stereocenters. The number of aliphatic hydroxyl groups excluding tert-OH is 3. The molecule has 160 valence electrons. The Bertz CT molecular complexity index is 1110. The molecule has 13 heteroatoms. The number of hydrogen-bond donors (Lipinski definition) is 5. The van der Waals surface area contributed by atoms with Crippen LogP contribution in [0.25, 0.3) is 11.2 Å². The molecule has 6 N–H and O–H groups in total. The highest BCUT2D eigenvalue weighted by Gasteiger charge is 2.44. The Morgan fingerprint density at radius 2 is 2.10 bits per heavy atom. The number of H-pyrrole nitrogens is 1. The zero-order chi connectivity index (χ0) is 21.4. The van der Waals surface area contributed by atoms with E-state index in [-0.39, 0.29) is 41.7 Å². The van der Waals surface area contributed by atoms with E-state index in [1.165, 1.54) is 21.7 Å². The first-order valence-electron chi connectivity index (χ1n) is 9.30. The number of imidazole rings is 2. The number of carbonyl (C=O) groups excluding carboxylic acids is 1. The van der Waals surface area contributed by atoms with E-state index < -0.39 is 36.7 Å². The van der Waals surface area contributed by atoms with Crippen LogP contribution in [0.3, 0.4) is 0 Å². The van der Waals surface area contributed by atoms with Gasteiger partial charge in [0.05, 0.1) is 12.9 Å². The summed E-state index contributed by atoms with van der Waals surface area (Å²) in [7, 11) is 0. The van der Waals surface area contributed by atoms with E-state index in [0.29, 0.717) is 6.42 Å². The number of ketones is 1. The number of hydrogen-bond acceptors (Lipinski definition) is 10. The number of ether oxygens (including phenoxy) is 1. The molecule has 30 heavy (non-hydrogen) atoms. The minimum absolute atomic E-state index is 0.000649. The van der Waals surface area contributed by atoms with Gasteiger partial charge in [-0.1, -0.05) is 0 Å². The third kappa shape index (κ3) is 3.37. The number of Topliss-reactive ketones (excluding diaryl/α,β-unsaturated/α-hetero) is 1. The van der Waals surface area contributed by atoms with Crippen molar-refractivity contribution in [1.82, 2.24) is 29.1 Å². The number of nitrogens with one attached hydrogen (secondary N) is 1. The molecule has 0 amide bonds. The highest BCUT2D eigenvalue weighted by atomic mass is 16.6. The number of nitrogen functional groups attached to an aromatic ring is 1. The lowest BCUT2D eigenvalue weighted by Gasteiger charge is -2.17. The third-order valence-corrected chi connectivity index (χ3v) is 5.05. The number of nitrogens with zero attached hydrogens (tertiary/aromatic N) is 5. The number of carbonyl (C=O) groups is 1. The highest BCUT2D eigenvalue weighted by Crippen LogP contribution is 2.30. The van der Waals surface area contributed by atoms with E-state index >= 15 is 0 Å². The summed E-state index contributed by atoms with van der Waals surface area (Å²) in [6.45, 7) is -0.332. The molecule has 4 heterocycles. The molecule has 1 aliphatic heterocycles. The van der Waals surface area contributed by atoms with Crippen LogP contribution in [0.4, 0.5) is 5.95 Å². The monoisotopic (exact) mass is 419 g/mol. The lowest BCUT2D eigenvalue weighted by Crippen LogP contribution is -2.33. The van der Waals surface area contributed by atoms with Crippen LogP contribution in [0.2, 0.25) is 0 Å². The molecular weight excluding hydrogens is 398 g/mol. The predicted molar refractivity (Wildman–Crippen MR) is 101 cm³/mol. The van der Waals surface area contributed by atoms with Crippen molar-refractivity contribution in [3.8, 4) is 0 Å². The minimum Gasteiger partial charge on any atom is -0.394 e. The molecule has 0 unspecified atom stereocenters. The van der Waals surface area contributed by atoms with Crippen molar-refractivity contribution in [3.05, 3.63) is 34.9 Å². The lowest BCUT2D eigenvalue weighted by atomic mass is 10.1. The van der Waals surface area contributed by atoms with Crippen molar-refractivity contribution in [2.45, 2.75) is 43.9 Å². The second kappa shape index (κ2) is 7.95. The molecular formula is C17H21N7O6. The van der Waals surface area contributed by atoms with Gasteiger partial charge < -0.3 is 30.8 Å². The molecule has 4 rings (SSSR count). The van der Waals surface area contributed by atoms with Gasteiger partial charge in [0.25, 0.3) is 5.56 Å². The zero-order valence-electron chi connectivity index (χ0n) is 15.7. The van der Waals surface area contributed by atoms with Gasteiger partial charge in [0, 0.05) is 25.4 Å². The van der Waals surface area contributed by atoms with E-state index in [4.69, 9.17) is 10.5 Å². The van der Waals surface area contributed by atoms with Gasteiger partial charge >= 0.3 is 0 Å². The smallest absolute Gasteiger partial charge is 0.283 e. The molecule has 0 bridgehead atoms. The number of rotatable bonds is 7. The first kappa shape index (κ1) is 20.2. The highest BCUT2D eigenvalue weighted by molar-refractivity contribution is 5.92. The van der Waals surface area contributed by atoms with E-state index in [1.54, 1.807) is 6.20 Å². The fourth-order valence-corrected chi connectivity index (χ4v) is 3.46. The zero-order valence-corrected chi connectivity index (χ0v) is 15.7. The van der Waals surface area contributed by atoms with E-state index in [9.17, 15) is 24.9 Å². The van der Waals surface area contributed by atoms with Crippen molar-refractivity contribution in [2.24, 2.45) is 0 Å². The normalized spacial score (nSPS) is 24.0. The van der Waals surface area contributed by atoms with Gasteiger partial charge in [-0.15, -0.1) is 0 Å². The molecule has 3 aromatic rings. The predicted octanol–water partition coefficient (Wildman–Crippen LogP) is -1.83. The molecule has 0 aromatic carbocycles. The fraction of sp³-hybridized carbons (Fsp3) is 0.471. The van der Waals surface area contributed by atoms with Crippen LogP contribution in [-0.2, 0) is 11.3 Å². The molecule has 0 spiro atoms. The number of fused-ring (bicyclic) bond motifs is 1. The minimum atomic E-state index is -1.35. The quantitative estimate of drug-likeness (QED) is 0.272. The largest absolute Gasteiger partial charge is 0.394 e. The van der Waals surface area contributed by atoms with Gasteiger partial charge in [0.15, 0.2) is 29.0 Å². The second-order valence-electron chi connectivity index (χ2n) is 6.94. The summed E-state index contributed by atoms with van der Waals surface area (Å²) in [6.07, 6.45) is 0.0686. The standard InChI is InChI=1S/C17H21N7O6/c18-17-22-14-10(21-7-24(14)16-12(28)11(27)9(6-25)30-16)15(29)23(17)5-1-2-8(26)13-19-3-4-20-13/h3-4,7,9,11-12,16,25,27-28H,1-2,5-6H2,(H2,18,22)(H,19,20)/t9-,11-,12-,16-/m1/s1. The summed E-state index contributed by atoms with van der Waals surface area (Å²) in [5.74, 6) is -0.0260. The number of anilines is 1. The molecule has 0 saturated carbocycles. The Morgan fingerprint density at radius 1 is 1.30 bits per heavy atom. The SMILES string of the molecule is Nc1nc2c(ncn2[C@@H]2O[C@H](CO)[C@@H](O)[C@H]2O)c(=O)n1CCCC(=O)c1ncc[nH]1. The van der Waals surface area contributed by atoms with Crippen molar-refractivity contribution in [1.29, 1.82) is 0 Å². The Morgan fingerprint density at radius 3 is 2.77 bits per heavy atom. The summed E-state index contributed by atoms with van der Waals surface area (Å²) in [5, 5.41) is 29.4. The van der Waals surface area contributed by atoms with Crippen molar-refractivity contribution < 1.29 is 24.9 Å². The van der Waals surface area contributed by atoms with Gasteiger partial charge in [0.1, 0.15) is 18.3 Å². The second-order valence-corrected chi connectivity index (χ2v) is 6.94. The maximum atomic E-state index is 12.8. The van der Waals surface area contributed by atoms with E-state index in [0.717, 1.165) is 0 Å². The number of aromatic nitrogens is 6. The Hall–Kier alpha value is -3.13. The van der Waals surface area contributed by atoms with E-state index in [2.05, 4.69) is 19.9 Å². The van der Waals surface area contributed by atoms with Crippen LogP contribution in [0.1, 0.15) is 29.7 Å². The summed E-state index contributed by atoms with van der Waals surface area (Å²) in [5.41, 5.74) is 5.53. The molecule has 1 aliphatic rings. The summed E-state index contributed by atoms with van der Waals surface area (Å²) in [6, 6.07) is 0. The molecule has 0 aliphatic carbocycles. The molecule has 13 nitrogen and oxygen atoms in total. The molecule has 0 radical (unpaired) electrons. The van der Waals surface area contributed by atoms with Crippen molar-refractivity contribution in [2.75, 3.05) is 12.3 Å². The van der Waals surface area contributed by atoms with Gasteiger partial charge in [-0.25, -0.2) is 9.97 Å². The van der Waals surface area contributed by atoms with Crippen molar-refractivity contribution in [3.63, 3.8) is 0 Å². The Kier molecular flexibility index (Phi) is 5.34. The van der Waals surface area contributed by atoms with Gasteiger partial charge in [-0.2, -0.15) is 4.98 Å². The summed E-state index contributed by atoms with van der Waals surface area (Å²) >= 11 is 0. The number of aliphatic hydroxyl groups is 3. The average Bonchev–Trinajstić information content (AvgIpc) is 3.45. The first-order valence-corrected chi connectivity index (χ1v) is 9.30. The van der Waals surface area contributed by atoms with Crippen LogP contribution in [-0.4, -0.2) is 75.1 Å². The maximum Gasteiger partial charge on any atom is 0.283 e. The maximum absolute atomic E-state index is 12.8. The van der Waals surface area contributed by atoms with Crippen LogP contribution < -0.4 is 11.3 Å². The Labute approximate surface area is 168 Å². The lowest BCUT2D eigenvalue weighted by molar-refractivity contribution is -0.0511. The van der Waals surface area contributed by atoms with Crippen LogP contribution in [0.15, 0.2) is 23.5 Å². The van der Waals surface area contributed by atoms with Gasteiger partial charge in [-0.05, 0) is 6.42 Å². The van der Waals surface area contributed by atoms with Crippen molar-refractivity contribution >= 4 is 22.9 Å². The third-order valence-electron chi connectivity index (χ3n) is 5.05.